The van der Waals surface area contributed by atoms with Gasteiger partial charge < -0.3 is 4.74 Å². The molecule has 2 atom stereocenters. The van der Waals surface area contributed by atoms with Gasteiger partial charge in [-0.25, -0.2) is 14.1 Å². The summed E-state index contributed by atoms with van der Waals surface area (Å²) in [6.45, 7) is 18.4. The highest BCUT2D eigenvalue weighted by Gasteiger charge is 2.39. The highest BCUT2D eigenvalue weighted by atomic mass is 19.1. The molecule has 48 heavy (non-hydrogen) atoms. The maximum Gasteiger partial charge on any atom is 0.140 e. The van der Waals surface area contributed by atoms with Gasteiger partial charge in [0.15, 0.2) is 0 Å². The van der Waals surface area contributed by atoms with E-state index >= 15 is 0 Å². The number of ether oxygens (including phenoxy) is 1. The molecule has 0 radical (unpaired) electrons. The molecule has 1 unspecified atom stereocenters. The number of hydrogen-bond acceptors (Lipinski definition) is 3. The average Bonchev–Trinajstić information content (AvgIpc) is 3.58. The van der Waals surface area contributed by atoms with Crippen LogP contribution in [0.2, 0.25) is 0 Å². The fraction of sp³-hybridized carbons (Fsp3) is 0.333. The van der Waals surface area contributed by atoms with E-state index in [2.05, 4.69) is 95.4 Å². The van der Waals surface area contributed by atoms with Gasteiger partial charge in [-0.15, -0.1) is 0 Å². The molecule has 0 N–H and O–H groups in total. The van der Waals surface area contributed by atoms with Gasteiger partial charge in [-0.1, -0.05) is 84.4 Å². The first-order valence-electron chi connectivity index (χ1n) is 17.0. The van der Waals surface area contributed by atoms with Crippen LogP contribution < -0.4 is 4.74 Å². The lowest BCUT2D eigenvalue weighted by atomic mass is 9.70. The third-order valence-electron chi connectivity index (χ3n) is 9.68. The van der Waals surface area contributed by atoms with E-state index in [1.807, 2.05) is 47.0 Å². The van der Waals surface area contributed by atoms with Crippen molar-refractivity contribution < 1.29 is 9.13 Å². The number of hydrogen-bond donors (Lipinski definition) is 0. The van der Waals surface area contributed by atoms with Crippen molar-refractivity contribution in [2.45, 2.75) is 85.0 Å². The molecular weight excluding hydrogens is 595 g/mol. The van der Waals surface area contributed by atoms with Crippen molar-refractivity contribution in [1.29, 1.82) is 0 Å². The van der Waals surface area contributed by atoms with E-state index in [1.54, 1.807) is 0 Å². The predicted octanol–water partition coefficient (Wildman–Crippen LogP) is 11.4. The van der Waals surface area contributed by atoms with E-state index in [0.717, 1.165) is 45.4 Å². The van der Waals surface area contributed by atoms with Gasteiger partial charge in [0.25, 0.3) is 0 Å². The number of pyridine rings is 1. The molecule has 246 valence electrons. The summed E-state index contributed by atoms with van der Waals surface area (Å²) >= 11 is 0. The summed E-state index contributed by atoms with van der Waals surface area (Å²) in [4.78, 5) is 4.51. The Balaban J connectivity index is 1.34. The molecule has 7 rings (SSSR count). The molecule has 0 fully saturated rings. The van der Waals surface area contributed by atoms with Crippen molar-refractivity contribution in [1.82, 2.24) is 19.3 Å². The third-order valence-corrected chi connectivity index (χ3v) is 9.68. The first kappa shape index (κ1) is 31.9. The van der Waals surface area contributed by atoms with Crippen molar-refractivity contribution in [3.05, 3.63) is 119 Å². The normalized spacial score (nSPS) is 17.2. The van der Waals surface area contributed by atoms with Crippen LogP contribution in [-0.4, -0.2) is 19.3 Å². The minimum absolute atomic E-state index is 0.128. The number of fused-ring (bicyclic) bond motifs is 3. The summed E-state index contributed by atoms with van der Waals surface area (Å²) in [6.07, 6.45) is 6.25. The summed E-state index contributed by atoms with van der Waals surface area (Å²) in [5.41, 5.74) is 7.79. The van der Waals surface area contributed by atoms with Gasteiger partial charge in [0.1, 0.15) is 23.1 Å². The molecule has 3 heterocycles. The molecule has 0 saturated heterocycles. The second-order valence-electron chi connectivity index (χ2n) is 15.5. The first-order chi connectivity index (χ1) is 22.8. The monoisotopic (exact) mass is 640 g/mol. The van der Waals surface area contributed by atoms with Crippen molar-refractivity contribution in [2.24, 2.45) is 5.92 Å². The molecule has 5 nitrogen and oxygen atoms in total. The highest BCUT2D eigenvalue weighted by Crippen LogP contribution is 2.47. The Labute approximate surface area is 283 Å². The fourth-order valence-corrected chi connectivity index (χ4v) is 7.61. The highest BCUT2D eigenvalue weighted by molar-refractivity contribution is 6.09. The van der Waals surface area contributed by atoms with Gasteiger partial charge in [-0.3, -0.25) is 4.57 Å². The van der Waals surface area contributed by atoms with Crippen molar-refractivity contribution in [2.75, 3.05) is 0 Å². The Bertz CT molecular complexity index is 2190. The van der Waals surface area contributed by atoms with Gasteiger partial charge in [-0.05, 0) is 62.1 Å². The lowest BCUT2D eigenvalue weighted by molar-refractivity contribution is 0.431. The molecular formula is C42H45FN4O. The largest absolute Gasteiger partial charge is 0.457 e. The van der Waals surface area contributed by atoms with Crippen LogP contribution >= 0.6 is 0 Å². The van der Waals surface area contributed by atoms with Gasteiger partial charge in [0.2, 0.25) is 0 Å². The predicted molar refractivity (Wildman–Crippen MR) is 194 cm³/mol. The summed E-state index contributed by atoms with van der Waals surface area (Å²) in [6, 6.07) is 25.3. The fourth-order valence-electron chi connectivity index (χ4n) is 7.61. The molecule has 6 aromatic rings. The van der Waals surface area contributed by atoms with Crippen LogP contribution in [-0.2, 0) is 10.8 Å². The Kier molecular flexibility index (Phi) is 7.81. The summed E-state index contributed by atoms with van der Waals surface area (Å²) in [7, 11) is 0. The minimum atomic E-state index is -0.328. The summed E-state index contributed by atoms with van der Waals surface area (Å²) in [5, 5.41) is 7.54. The lowest BCUT2D eigenvalue weighted by Crippen LogP contribution is -2.25. The molecule has 1 aliphatic carbocycles. The maximum absolute atomic E-state index is 14.4. The Morgan fingerprint density at radius 2 is 1.56 bits per heavy atom. The molecule has 0 aliphatic heterocycles. The summed E-state index contributed by atoms with van der Waals surface area (Å²) < 4.78 is 25.1. The minimum Gasteiger partial charge on any atom is -0.457 e. The number of rotatable bonds is 5. The van der Waals surface area contributed by atoms with Gasteiger partial charge in [0, 0.05) is 57.5 Å². The third kappa shape index (κ3) is 5.61. The molecule has 0 bridgehead atoms. The van der Waals surface area contributed by atoms with Crippen LogP contribution in [0.4, 0.5) is 4.39 Å². The SMILES string of the molecule is CC1=CCC[C@H](C)C1c1c(C(C)(C)C)nn(-c2cccc(Oc3ccc4c5ccccc5n(-c5cc(F)ccn5)c4c3)c2)c1C(C)(C)C. The molecule has 0 spiro atoms. The van der Waals surface area contributed by atoms with Crippen LogP contribution in [0.3, 0.4) is 0 Å². The van der Waals surface area contributed by atoms with Crippen LogP contribution in [0, 0.1) is 11.7 Å². The van der Waals surface area contributed by atoms with Gasteiger partial charge >= 0.3 is 0 Å². The van der Waals surface area contributed by atoms with Crippen LogP contribution in [0.15, 0.2) is 96.7 Å². The van der Waals surface area contributed by atoms with E-state index in [4.69, 9.17) is 9.84 Å². The van der Waals surface area contributed by atoms with E-state index in [0.29, 0.717) is 23.4 Å². The van der Waals surface area contributed by atoms with Crippen LogP contribution in [0.25, 0.3) is 33.3 Å². The molecule has 3 aromatic heterocycles. The number of para-hydroxylation sites is 1. The molecule has 1 aliphatic rings. The number of benzene rings is 3. The smallest absolute Gasteiger partial charge is 0.140 e. The van der Waals surface area contributed by atoms with Crippen molar-refractivity contribution in [3.8, 4) is 23.0 Å². The number of allylic oxidation sites excluding steroid dienone is 2. The molecule has 3 aromatic carbocycles. The standard InChI is InChI=1S/C42H45FN4O/c1-26-13-11-14-27(2)37(26)38-39(41(3,4)5)45-47(40(38)42(6,7)8)29-15-12-16-30(24-29)48-31-19-20-33-32-17-9-10-18-34(32)46(35(33)25-31)36-23-28(43)21-22-44-36/h9-10,12-13,15-25,27,37H,11,14H2,1-8H3/t27-,37?/m0/s1. The molecule has 6 heteroatoms. The molecule has 0 amide bonds. The number of halogens is 1. The van der Waals surface area contributed by atoms with Crippen LogP contribution in [0.5, 0.6) is 11.5 Å². The van der Waals surface area contributed by atoms with E-state index in [9.17, 15) is 4.39 Å². The Morgan fingerprint density at radius 1 is 0.812 bits per heavy atom. The topological polar surface area (TPSA) is 44.9 Å². The van der Waals surface area contributed by atoms with Crippen molar-refractivity contribution >= 4 is 21.8 Å². The Hall–Kier alpha value is -4.71. The Morgan fingerprint density at radius 3 is 2.29 bits per heavy atom. The maximum atomic E-state index is 14.4. The molecule has 0 saturated carbocycles. The second kappa shape index (κ2) is 11.8. The van der Waals surface area contributed by atoms with Gasteiger partial charge in [0.05, 0.1) is 28.1 Å². The van der Waals surface area contributed by atoms with Gasteiger partial charge in [-0.2, -0.15) is 5.10 Å². The average molecular weight is 641 g/mol. The van der Waals surface area contributed by atoms with E-state index < -0.39 is 0 Å². The van der Waals surface area contributed by atoms with E-state index in [-0.39, 0.29) is 16.6 Å². The number of aromatic nitrogens is 4. The van der Waals surface area contributed by atoms with Crippen molar-refractivity contribution in [3.63, 3.8) is 0 Å². The zero-order valence-corrected chi connectivity index (χ0v) is 29.3. The zero-order chi connectivity index (χ0) is 34.0. The second-order valence-corrected chi connectivity index (χ2v) is 15.5. The number of nitrogens with zero attached hydrogens (tertiary/aromatic N) is 4. The summed E-state index contributed by atoms with van der Waals surface area (Å²) in [5.74, 6) is 2.47. The lowest BCUT2D eigenvalue weighted by Gasteiger charge is -2.34. The zero-order valence-electron chi connectivity index (χ0n) is 29.3. The first-order valence-corrected chi connectivity index (χ1v) is 17.0. The quantitative estimate of drug-likeness (QED) is 0.176. The van der Waals surface area contributed by atoms with Crippen LogP contribution in [0.1, 0.15) is 91.1 Å². The van der Waals surface area contributed by atoms with E-state index in [1.165, 1.54) is 41.6 Å².